The molecule has 0 aliphatic carbocycles. The van der Waals surface area contributed by atoms with Crippen molar-refractivity contribution < 1.29 is 13.9 Å². The Hall–Kier alpha value is -1.87. The lowest BCUT2D eigenvalue weighted by molar-refractivity contribution is -0.141. The lowest BCUT2D eigenvalue weighted by Crippen LogP contribution is -2.37. The van der Waals surface area contributed by atoms with Gasteiger partial charge in [-0.2, -0.15) is 5.26 Å². The molecule has 1 unspecified atom stereocenters. The monoisotopic (exact) mass is 313 g/mol. The van der Waals surface area contributed by atoms with Gasteiger partial charge in [0.05, 0.1) is 19.1 Å². The molecule has 1 rings (SSSR count). The number of halogens is 2. The van der Waals surface area contributed by atoms with Crippen molar-refractivity contribution in [2.24, 2.45) is 5.41 Å². The van der Waals surface area contributed by atoms with Crippen LogP contribution in [-0.2, 0) is 9.53 Å². The van der Waals surface area contributed by atoms with Crippen molar-refractivity contribution >= 4 is 23.4 Å². The van der Waals surface area contributed by atoms with Crippen LogP contribution >= 0.6 is 11.6 Å². The predicted octanol–water partition coefficient (Wildman–Crippen LogP) is 3.14. The third kappa shape index (κ3) is 4.57. The molecule has 5 nitrogen and oxygen atoms in total. The summed E-state index contributed by atoms with van der Waals surface area (Å²) < 4.78 is 18.6. The summed E-state index contributed by atoms with van der Waals surface area (Å²) in [6.07, 6.45) is 0.0543. The van der Waals surface area contributed by atoms with E-state index in [1.807, 2.05) is 20.8 Å². The molecule has 0 aliphatic heterocycles. The zero-order valence-electron chi connectivity index (χ0n) is 12.3. The third-order valence-electron chi connectivity index (χ3n) is 3.00. The van der Waals surface area contributed by atoms with E-state index in [9.17, 15) is 9.18 Å². The van der Waals surface area contributed by atoms with E-state index < -0.39 is 17.8 Å². The molecule has 0 fully saturated rings. The highest BCUT2D eigenvalue weighted by molar-refractivity contribution is 6.30. The number of anilines is 1. The van der Waals surface area contributed by atoms with E-state index in [2.05, 4.69) is 15.0 Å². The maximum atomic E-state index is 13.9. The normalized spacial score (nSPS) is 12.4. The number of hydrogen-bond donors (Lipinski definition) is 1. The Balaban J connectivity index is 3.07. The first kappa shape index (κ1) is 17.2. The number of esters is 1. The number of rotatable bonds is 4. The van der Waals surface area contributed by atoms with Crippen molar-refractivity contribution in [1.29, 1.82) is 5.26 Å². The van der Waals surface area contributed by atoms with Gasteiger partial charge >= 0.3 is 5.97 Å². The van der Waals surface area contributed by atoms with Gasteiger partial charge in [0.1, 0.15) is 11.2 Å². The Bertz CT molecular complexity index is 579. The second kappa shape index (κ2) is 6.72. The van der Waals surface area contributed by atoms with Gasteiger partial charge in [-0.1, -0.05) is 32.4 Å². The first-order chi connectivity index (χ1) is 9.68. The molecule has 1 N–H and O–H groups in total. The van der Waals surface area contributed by atoms with Crippen molar-refractivity contribution in [2.75, 3.05) is 12.4 Å². The number of carbonyl (C=O) groups excluding carboxylic acids is 1. The summed E-state index contributed by atoms with van der Waals surface area (Å²) in [4.78, 5) is 15.3. The molecule has 1 aromatic heterocycles. The molecule has 1 heterocycles. The first-order valence-electron chi connectivity index (χ1n) is 6.28. The molecule has 0 aromatic carbocycles. The van der Waals surface area contributed by atoms with E-state index in [0.717, 1.165) is 6.07 Å². The summed E-state index contributed by atoms with van der Waals surface area (Å²) in [5, 5.41) is 11.5. The summed E-state index contributed by atoms with van der Waals surface area (Å²) >= 11 is 5.80. The SMILES string of the molecule is COC(=O)CC(Nc1nc(Cl)c(C#N)cc1F)C(C)(C)C. The van der Waals surface area contributed by atoms with Crippen LogP contribution in [0, 0.1) is 22.6 Å². The minimum absolute atomic E-state index is 0.0417. The van der Waals surface area contributed by atoms with E-state index in [1.54, 1.807) is 6.07 Å². The van der Waals surface area contributed by atoms with E-state index in [1.165, 1.54) is 7.11 Å². The topological polar surface area (TPSA) is 75.0 Å². The quantitative estimate of drug-likeness (QED) is 0.682. The van der Waals surface area contributed by atoms with Crippen LogP contribution in [0.4, 0.5) is 10.2 Å². The molecule has 0 saturated heterocycles. The summed E-state index contributed by atoms with van der Waals surface area (Å²) in [6.45, 7) is 5.70. The highest BCUT2D eigenvalue weighted by atomic mass is 35.5. The van der Waals surface area contributed by atoms with Crippen LogP contribution in [0.2, 0.25) is 5.15 Å². The van der Waals surface area contributed by atoms with Gasteiger partial charge in [-0.25, -0.2) is 9.37 Å². The number of ether oxygens (including phenoxy) is 1. The highest BCUT2D eigenvalue weighted by Crippen LogP contribution is 2.28. The van der Waals surface area contributed by atoms with E-state index in [4.69, 9.17) is 16.9 Å². The van der Waals surface area contributed by atoms with Crippen LogP contribution in [0.25, 0.3) is 0 Å². The number of carbonyl (C=O) groups is 1. The number of pyridine rings is 1. The van der Waals surface area contributed by atoms with Crippen molar-refractivity contribution in [3.63, 3.8) is 0 Å². The summed E-state index contributed by atoms with van der Waals surface area (Å²) in [7, 11) is 1.29. The zero-order chi connectivity index (χ0) is 16.2. The van der Waals surface area contributed by atoms with Crippen LogP contribution in [0.15, 0.2) is 6.07 Å². The molecule has 0 amide bonds. The Labute approximate surface area is 128 Å². The minimum Gasteiger partial charge on any atom is -0.469 e. The van der Waals surface area contributed by atoms with Gasteiger partial charge in [0.15, 0.2) is 11.6 Å². The maximum Gasteiger partial charge on any atom is 0.307 e. The third-order valence-corrected chi connectivity index (χ3v) is 3.29. The summed E-state index contributed by atoms with van der Waals surface area (Å²) in [5.41, 5.74) is -0.386. The maximum absolute atomic E-state index is 13.9. The molecular formula is C14H17ClFN3O2. The Morgan fingerprint density at radius 2 is 2.24 bits per heavy atom. The number of hydrogen-bond acceptors (Lipinski definition) is 5. The predicted molar refractivity (Wildman–Crippen MR) is 77.4 cm³/mol. The molecular weight excluding hydrogens is 297 g/mol. The highest BCUT2D eigenvalue weighted by Gasteiger charge is 2.28. The smallest absolute Gasteiger partial charge is 0.307 e. The van der Waals surface area contributed by atoms with Crippen molar-refractivity contribution in [3.05, 3.63) is 22.6 Å². The number of nitrogens with one attached hydrogen (secondary N) is 1. The molecule has 21 heavy (non-hydrogen) atoms. The number of nitriles is 1. The number of nitrogens with zero attached hydrogens (tertiary/aromatic N) is 2. The largest absolute Gasteiger partial charge is 0.469 e. The standard InChI is InChI=1S/C14H17ClFN3O2/c1-14(2,3)10(6-11(20)21-4)18-13-9(16)5-8(7-17)12(15)19-13/h5,10H,6H2,1-4H3,(H,18,19). The molecule has 0 spiro atoms. The van der Waals surface area contributed by atoms with Crippen LogP contribution in [0.3, 0.4) is 0 Å². The summed E-state index contributed by atoms with van der Waals surface area (Å²) in [5.74, 6) is -1.21. The molecule has 0 radical (unpaired) electrons. The Morgan fingerprint density at radius 3 is 2.71 bits per heavy atom. The van der Waals surface area contributed by atoms with Crippen molar-refractivity contribution in [3.8, 4) is 6.07 Å². The Kier molecular flexibility index (Phi) is 5.50. The molecule has 1 aromatic rings. The zero-order valence-corrected chi connectivity index (χ0v) is 13.1. The van der Waals surface area contributed by atoms with E-state index in [0.29, 0.717) is 0 Å². The van der Waals surface area contributed by atoms with Crippen LogP contribution in [-0.4, -0.2) is 24.1 Å². The van der Waals surface area contributed by atoms with Gasteiger partial charge in [-0.05, 0) is 11.5 Å². The fraction of sp³-hybridized carbons (Fsp3) is 0.500. The van der Waals surface area contributed by atoms with Gasteiger partial charge in [-0.15, -0.1) is 0 Å². The van der Waals surface area contributed by atoms with E-state index in [-0.39, 0.29) is 28.4 Å². The molecule has 0 aliphatic rings. The fourth-order valence-corrected chi connectivity index (χ4v) is 1.82. The fourth-order valence-electron chi connectivity index (χ4n) is 1.63. The second-order valence-corrected chi connectivity index (χ2v) is 5.97. The van der Waals surface area contributed by atoms with Crippen molar-refractivity contribution in [1.82, 2.24) is 4.98 Å². The van der Waals surface area contributed by atoms with Gasteiger partial charge in [0.2, 0.25) is 0 Å². The van der Waals surface area contributed by atoms with E-state index >= 15 is 0 Å². The molecule has 1 atom stereocenters. The lowest BCUT2D eigenvalue weighted by Gasteiger charge is -2.31. The van der Waals surface area contributed by atoms with Crippen LogP contribution in [0.1, 0.15) is 32.8 Å². The van der Waals surface area contributed by atoms with Gasteiger partial charge < -0.3 is 10.1 Å². The number of aromatic nitrogens is 1. The first-order valence-corrected chi connectivity index (χ1v) is 6.66. The second-order valence-electron chi connectivity index (χ2n) is 5.61. The van der Waals surface area contributed by atoms with Gasteiger partial charge in [0, 0.05) is 6.04 Å². The van der Waals surface area contributed by atoms with Crippen LogP contribution < -0.4 is 5.32 Å². The van der Waals surface area contributed by atoms with Gasteiger partial charge in [0.25, 0.3) is 0 Å². The molecule has 7 heteroatoms. The number of methoxy groups -OCH3 is 1. The Morgan fingerprint density at radius 1 is 1.62 bits per heavy atom. The average Bonchev–Trinajstić information content (AvgIpc) is 2.40. The van der Waals surface area contributed by atoms with Gasteiger partial charge in [-0.3, -0.25) is 4.79 Å². The molecule has 0 bridgehead atoms. The average molecular weight is 314 g/mol. The van der Waals surface area contributed by atoms with Crippen molar-refractivity contribution in [2.45, 2.75) is 33.2 Å². The molecule has 0 saturated carbocycles. The lowest BCUT2D eigenvalue weighted by atomic mass is 9.84. The minimum atomic E-state index is -0.699. The summed E-state index contributed by atoms with van der Waals surface area (Å²) in [6, 6.07) is 2.35. The molecule has 114 valence electrons. The van der Waals surface area contributed by atoms with Crippen LogP contribution in [0.5, 0.6) is 0 Å².